The van der Waals surface area contributed by atoms with Crippen molar-refractivity contribution in [3.8, 4) is 0 Å². The number of thioether (sulfide) groups is 1. The van der Waals surface area contributed by atoms with Crippen LogP contribution in [0.3, 0.4) is 0 Å². The van der Waals surface area contributed by atoms with E-state index in [2.05, 4.69) is 0 Å². The zero-order valence-corrected chi connectivity index (χ0v) is 11.2. The van der Waals surface area contributed by atoms with Crippen LogP contribution >= 0.6 is 11.8 Å². The molecule has 1 spiro atoms. The van der Waals surface area contributed by atoms with E-state index in [0.29, 0.717) is 10.7 Å². The van der Waals surface area contributed by atoms with Crippen molar-refractivity contribution in [2.45, 2.75) is 55.3 Å². The number of furan rings is 1. The summed E-state index contributed by atoms with van der Waals surface area (Å²) >= 11 is 1.74. The molecule has 4 heteroatoms. The van der Waals surface area contributed by atoms with Crippen molar-refractivity contribution in [3.63, 3.8) is 0 Å². The number of carboxylic acid groups (broad SMARTS) is 1. The minimum absolute atomic E-state index is 0.0505. The van der Waals surface area contributed by atoms with Gasteiger partial charge in [0.25, 0.3) is 0 Å². The summed E-state index contributed by atoms with van der Waals surface area (Å²) in [5, 5.41) is 10.2. The molecule has 0 aliphatic heterocycles. The van der Waals surface area contributed by atoms with Crippen molar-refractivity contribution in [2.24, 2.45) is 5.41 Å². The van der Waals surface area contributed by atoms with Gasteiger partial charge >= 0.3 is 5.97 Å². The Kier molecular flexibility index (Phi) is 3.14. The molecular formula is C14H18O3S. The molecule has 1 aromatic rings. The molecule has 3 nitrogen and oxygen atoms in total. The molecule has 1 heterocycles. The van der Waals surface area contributed by atoms with Gasteiger partial charge in [-0.1, -0.05) is 31.0 Å². The third-order valence-electron chi connectivity index (χ3n) is 4.49. The fourth-order valence-electron chi connectivity index (χ4n) is 3.32. The maximum absolute atomic E-state index is 10.8. The van der Waals surface area contributed by atoms with Crippen LogP contribution in [0.2, 0.25) is 0 Å². The topological polar surface area (TPSA) is 50.4 Å². The standard InChI is InChI=1S/C14H18O3S/c15-13(16)10-4-5-12(17-10)18-11-6-9-14(11)7-2-1-3-8-14/h4-5,11H,1-3,6-9H2,(H,15,16). The summed E-state index contributed by atoms with van der Waals surface area (Å²) in [6, 6.07) is 3.35. The molecule has 0 amide bonds. The second-order valence-electron chi connectivity index (χ2n) is 5.49. The first-order valence-electron chi connectivity index (χ1n) is 6.69. The molecule has 2 saturated carbocycles. The van der Waals surface area contributed by atoms with Crippen LogP contribution < -0.4 is 0 Å². The lowest BCUT2D eigenvalue weighted by Gasteiger charge is -2.51. The molecule has 1 aromatic heterocycles. The second kappa shape index (κ2) is 4.65. The Hall–Kier alpha value is -0.900. The quantitative estimate of drug-likeness (QED) is 0.891. The molecular weight excluding hydrogens is 248 g/mol. The SMILES string of the molecule is O=C(O)c1ccc(SC2CCC23CCCCC3)o1. The minimum Gasteiger partial charge on any atom is -0.475 e. The Morgan fingerprint density at radius 3 is 2.61 bits per heavy atom. The smallest absolute Gasteiger partial charge is 0.371 e. The number of rotatable bonds is 3. The number of aromatic carboxylic acids is 1. The van der Waals surface area contributed by atoms with Gasteiger partial charge in [0.05, 0.1) is 0 Å². The number of hydrogen-bond acceptors (Lipinski definition) is 3. The Labute approximate surface area is 111 Å². The zero-order chi connectivity index (χ0) is 12.6. The second-order valence-corrected chi connectivity index (χ2v) is 6.70. The highest BCUT2D eigenvalue weighted by Crippen LogP contribution is 2.57. The van der Waals surface area contributed by atoms with Gasteiger partial charge in [-0.15, -0.1) is 0 Å². The van der Waals surface area contributed by atoms with E-state index in [9.17, 15) is 4.79 Å². The third kappa shape index (κ3) is 2.07. The fourth-order valence-corrected chi connectivity index (χ4v) is 4.73. The molecule has 1 N–H and O–H groups in total. The maximum atomic E-state index is 10.8. The first-order valence-corrected chi connectivity index (χ1v) is 7.57. The van der Waals surface area contributed by atoms with Crippen molar-refractivity contribution in [2.75, 3.05) is 0 Å². The summed E-state index contributed by atoms with van der Waals surface area (Å²) < 4.78 is 5.35. The summed E-state index contributed by atoms with van der Waals surface area (Å²) in [6.07, 6.45) is 9.37. The average Bonchev–Trinajstić information content (AvgIpc) is 2.85. The molecule has 0 aromatic carbocycles. The number of carboxylic acids is 1. The molecule has 1 unspecified atom stereocenters. The molecule has 18 heavy (non-hydrogen) atoms. The average molecular weight is 266 g/mol. The molecule has 0 saturated heterocycles. The van der Waals surface area contributed by atoms with E-state index in [4.69, 9.17) is 9.52 Å². The van der Waals surface area contributed by atoms with Crippen molar-refractivity contribution in [3.05, 3.63) is 17.9 Å². The van der Waals surface area contributed by atoms with Gasteiger partial charge in [-0.2, -0.15) is 0 Å². The molecule has 2 fully saturated rings. The predicted octanol–water partition coefficient (Wildman–Crippen LogP) is 4.18. The highest BCUT2D eigenvalue weighted by molar-refractivity contribution is 7.99. The van der Waals surface area contributed by atoms with Crippen LogP contribution in [-0.4, -0.2) is 16.3 Å². The molecule has 0 radical (unpaired) electrons. The van der Waals surface area contributed by atoms with Gasteiger partial charge < -0.3 is 9.52 Å². The van der Waals surface area contributed by atoms with E-state index in [-0.39, 0.29) is 5.76 Å². The zero-order valence-electron chi connectivity index (χ0n) is 10.4. The Morgan fingerprint density at radius 1 is 1.28 bits per heavy atom. The lowest BCUT2D eigenvalue weighted by molar-refractivity contribution is 0.0656. The van der Waals surface area contributed by atoms with Crippen LogP contribution in [0.5, 0.6) is 0 Å². The summed E-state index contributed by atoms with van der Waals surface area (Å²) in [5.74, 6) is -0.933. The van der Waals surface area contributed by atoms with Gasteiger partial charge in [0, 0.05) is 5.25 Å². The minimum atomic E-state index is -0.983. The first-order chi connectivity index (χ1) is 8.70. The lowest BCUT2D eigenvalue weighted by Crippen LogP contribution is -2.44. The van der Waals surface area contributed by atoms with Crippen molar-refractivity contribution in [1.29, 1.82) is 0 Å². The first kappa shape index (κ1) is 12.2. The van der Waals surface area contributed by atoms with Crippen LogP contribution in [0.25, 0.3) is 0 Å². The van der Waals surface area contributed by atoms with E-state index in [1.807, 2.05) is 0 Å². The normalized spacial score (nSPS) is 25.9. The Bertz CT molecular complexity index is 446. The molecule has 98 valence electrons. The summed E-state index contributed by atoms with van der Waals surface area (Å²) in [5.41, 5.74) is 0.527. The lowest BCUT2D eigenvalue weighted by atomic mass is 9.60. The molecule has 1 atom stereocenters. The van der Waals surface area contributed by atoms with Gasteiger partial charge in [0.2, 0.25) is 5.76 Å². The van der Waals surface area contributed by atoms with E-state index < -0.39 is 5.97 Å². The van der Waals surface area contributed by atoms with E-state index in [1.54, 1.807) is 23.9 Å². The monoisotopic (exact) mass is 266 g/mol. The van der Waals surface area contributed by atoms with Gasteiger partial charge in [0.15, 0.2) is 5.09 Å². The predicted molar refractivity (Wildman–Crippen MR) is 70.1 cm³/mol. The Morgan fingerprint density at radius 2 is 2.06 bits per heavy atom. The molecule has 3 rings (SSSR count). The van der Waals surface area contributed by atoms with Gasteiger partial charge in [-0.25, -0.2) is 4.79 Å². The molecule has 2 aliphatic carbocycles. The fraction of sp³-hybridized carbons (Fsp3) is 0.643. The van der Waals surface area contributed by atoms with Crippen molar-refractivity contribution >= 4 is 17.7 Å². The van der Waals surface area contributed by atoms with Crippen molar-refractivity contribution < 1.29 is 14.3 Å². The van der Waals surface area contributed by atoms with Crippen LogP contribution in [0.15, 0.2) is 21.6 Å². The van der Waals surface area contributed by atoms with Gasteiger partial charge in [0.1, 0.15) is 0 Å². The number of hydrogen-bond donors (Lipinski definition) is 1. The highest BCUT2D eigenvalue weighted by Gasteiger charge is 2.47. The van der Waals surface area contributed by atoms with Gasteiger partial charge in [-0.05, 0) is 43.2 Å². The largest absolute Gasteiger partial charge is 0.475 e. The number of carbonyl (C=O) groups is 1. The van der Waals surface area contributed by atoms with E-state index in [0.717, 1.165) is 5.09 Å². The van der Waals surface area contributed by atoms with Gasteiger partial charge in [-0.3, -0.25) is 0 Å². The Balaban J connectivity index is 1.67. The summed E-state index contributed by atoms with van der Waals surface area (Å²) in [6.45, 7) is 0. The van der Waals surface area contributed by atoms with E-state index >= 15 is 0 Å². The van der Waals surface area contributed by atoms with Crippen LogP contribution in [0.1, 0.15) is 55.5 Å². The maximum Gasteiger partial charge on any atom is 0.371 e. The van der Waals surface area contributed by atoms with Crippen LogP contribution in [-0.2, 0) is 0 Å². The van der Waals surface area contributed by atoms with Crippen LogP contribution in [0.4, 0.5) is 0 Å². The summed E-state index contributed by atoms with van der Waals surface area (Å²) in [4.78, 5) is 10.8. The molecule has 2 aliphatic rings. The third-order valence-corrected chi connectivity index (χ3v) is 5.96. The van der Waals surface area contributed by atoms with E-state index in [1.165, 1.54) is 44.9 Å². The molecule has 0 bridgehead atoms. The summed E-state index contributed by atoms with van der Waals surface area (Å²) in [7, 11) is 0. The highest BCUT2D eigenvalue weighted by atomic mass is 32.2. The van der Waals surface area contributed by atoms with Crippen molar-refractivity contribution in [1.82, 2.24) is 0 Å². The van der Waals surface area contributed by atoms with Crippen LogP contribution in [0, 0.1) is 5.41 Å².